The van der Waals surface area contributed by atoms with Gasteiger partial charge in [-0.25, -0.2) is 0 Å². The largest absolute Gasteiger partial charge is 0.370 e. The number of aliphatic imine (C=N–C) groups is 1. The molecule has 256 valence electrons. The van der Waals surface area contributed by atoms with Gasteiger partial charge in [-0.15, -0.1) is 0 Å². The number of nitrogens with two attached hydrogens (primary N) is 2. The van der Waals surface area contributed by atoms with Crippen molar-refractivity contribution in [1.29, 1.82) is 0 Å². The Labute approximate surface area is 276 Å². The maximum atomic E-state index is 13.8. The first-order valence-electron chi connectivity index (χ1n) is 16.4. The van der Waals surface area contributed by atoms with Crippen LogP contribution in [0.3, 0.4) is 0 Å². The molecule has 2 aromatic carbocycles. The molecule has 0 aromatic heterocycles. The zero-order valence-electron chi connectivity index (χ0n) is 27.9. The van der Waals surface area contributed by atoms with Gasteiger partial charge in [-0.1, -0.05) is 56.3 Å². The highest BCUT2D eigenvalue weighted by Gasteiger charge is 2.38. The van der Waals surface area contributed by atoms with Gasteiger partial charge in [-0.05, 0) is 61.3 Å². The lowest BCUT2D eigenvalue weighted by molar-refractivity contribution is -0.142. The fourth-order valence-electron chi connectivity index (χ4n) is 5.86. The first-order chi connectivity index (χ1) is 22.4. The Morgan fingerprint density at radius 1 is 0.936 bits per heavy atom. The van der Waals surface area contributed by atoms with Crippen LogP contribution in [-0.4, -0.2) is 84.2 Å². The Morgan fingerprint density at radius 3 is 2.28 bits per heavy atom. The lowest BCUT2D eigenvalue weighted by Gasteiger charge is -2.30. The predicted molar refractivity (Wildman–Crippen MR) is 182 cm³/mol. The number of nitrogens with one attached hydrogen (secondary N) is 4. The highest BCUT2D eigenvalue weighted by atomic mass is 16.2. The molecule has 2 aromatic rings. The van der Waals surface area contributed by atoms with E-state index in [1.807, 2.05) is 63.2 Å². The summed E-state index contributed by atoms with van der Waals surface area (Å²) in [6.45, 7) is 8.07. The third-order valence-electron chi connectivity index (χ3n) is 8.04. The summed E-state index contributed by atoms with van der Waals surface area (Å²) in [5.74, 6) is -2.10. The van der Waals surface area contributed by atoms with E-state index in [-0.39, 0.29) is 49.0 Å². The van der Waals surface area contributed by atoms with Crippen LogP contribution in [0, 0.1) is 5.92 Å². The molecule has 8 N–H and O–H groups in total. The molecule has 3 rings (SSSR count). The molecule has 0 bridgehead atoms. The number of carbonyl (C=O) groups is 5. The molecule has 47 heavy (non-hydrogen) atoms. The van der Waals surface area contributed by atoms with Crippen LogP contribution >= 0.6 is 0 Å². The van der Waals surface area contributed by atoms with Crippen LogP contribution < -0.4 is 32.7 Å². The van der Waals surface area contributed by atoms with E-state index in [2.05, 4.69) is 26.3 Å². The summed E-state index contributed by atoms with van der Waals surface area (Å²) in [7, 11) is 0. The molecule has 4 atom stereocenters. The summed E-state index contributed by atoms with van der Waals surface area (Å²) >= 11 is 0. The number of fused-ring (bicyclic) bond motifs is 1. The molecule has 13 heteroatoms. The van der Waals surface area contributed by atoms with Crippen molar-refractivity contribution in [3.05, 3.63) is 48.0 Å². The number of hydrogen-bond acceptors (Lipinski definition) is 6. The van der Waals surface area contributed by atoms with Crippen molar-refractivity contribution in [2.75, 3.05) is 19.6 Å². The van der Waals surface area contributed by atoms with Crippen LogP contribution in [-0.2, 0) is 30.4 Å². The third-order valence-corrected chi connectivity index (χ3v) is 8.04. The monoisotopic (exact) mass is 650 g/mol. The number of rotatable bonds is 16. The van der Waals surface area contributed by atoms with Crippen LogP contribution in [0.1, 0.15) is 65.4 Å². The highest BCUT2D eigenvalue weighted by Crippen LogP contribution is 2.21. The molecular weight excluding hydrogens is 600 g/mol. The third kappa shape index (κ3) is 11.3. The van der Waals surface area contributed by atoms with E-state index in [0.717, 1.165) is 16.3 Å². The fourth-order valence-corrected chi connectivity index (χ4v) is 5.86. The quantitative estimate of drug-likeness (QED) is 0.0886. The SMILES string of the molecule is CCNC(=O)[C@@H]1CCCN1C(=O)[C@H](CCCN=C(N)N)NC(=O)[C@H](CC(C)C)NC(=O)[C@@H](Cc1ccc2ccccc2c1)NC(C)=O. The molecule has 1 aliphatic rings. The predicted octanol–water partition coefficient (Wildman–Crippen LogP) is 1.08. The molecule has 0 radical (unpaired) electrons. The molecule has 5 amide bonds. The Hall–Kier alpha value is -4.68. The van der Waals surface area contributed by atoms with Crippen LogP contribution in [0.15, 0.2) is 47.5 Å². The molecule has 0 unspecified atom stereocenters. The highest BCUT2D eigenvalue weighted by molar-refractivity contribution is 5.96. The molecule has 13 nitrogen and oxygen atoms in total. The van der Waals surface area contributed by atoms with Gasteiger partial charge >= 0.3 is 0 Å². The molecule has 1 heterocycles. The van der Waals surface area contributed by atoms with Gasteiger partial charge in [-0.2, -0.15) is 0 Å². The zero-order chi connectivity index (χ0) is 34.5. The summed E-state index contributed by atoms with van der Waals surface area (Å²) in [5.41, 5.74) is 11.8. The molecular formula is C34H50N8O5. The van der Waals surface area contributed by atoms with Crippen molar-refractivity contribution in [3.63, 3.8) is 0 Å². The minimum absolute atomic E-state index is 0.0162. The minimum atomic E-state index is -0.985. The fraction of sp³-hybridized carbons (Fsp3) is 0.529. The van der Waals surface area contributed by atoms with E-state index in [4.69, 9.17) is 11.5 Å². The minimum Gasteiger partial charge on any atom is -0.370 e. The van der Waals surface area contributed by atoms with Crippen molar-refractivity contribution >= 4 is 46.3 Å². The summed E-state index contributed by atoms with van der Waals surface area (Å²) in [6, 6.07) is 10.2. The van der Waals surface area contributed by atoms with E-state index < -0.39 is 36.0 Å². The lowest BCUT2D eigenvalue weighted by Crippen LogP contribution is -2.58. The number of carbonyl (C=O) groups excluding carboxylic acids is 5. The number of nitrogens with zero attached hydrogens (tertiary/aromatic N) is 2. The maximum absolute atomic E-state index is 13.8. The van der Waals surface area contributed by atoms with E-state index in [9.17, 15) is 24.0 Å². The second kappa shape index (κ2) is 17.9. The van der Waals surface area contributed by atoms with E-state index in [1.165, 1.54) is 11.8 Å². The van der Waals surface area contributed by atoms with Crippen molar-refractivity contribution < 1.29 is 24.0 Å². The Kier molecular flexibility index (Phi) is 14.0. The average Bonchev–Trinajstić information content (AvgIpc) is 3.51. The van der Waals surface area contributed by atoms with Crippen molar-refractivity contribution in [2.24, 2.45) is 22.4 Å². The first-order valence-corrected chi connectivity index (χ1v) is 16.4. The maximum Gasteiger partial charge on any atom is 0.245 e. The number of hydrogen-bond donors (Lipinski definition) is 6. The second-order valence-corrected chi connectivity index (χ2v) is 12.4. The molecule has 0 aliphatic carbocycles. The Bertz CT molecular complexity index is 1440. The number of guanidine groups is 1. The number of benzene rings is 2. The van der Waals surface area contributed by atoms with Gasteiger partial charge in [0.05, 0.1) is 0 Å². The number of amides is 5. The average molecular weight is 651 g/mol. The van der Waals surface area contributed by atoms with Crippen molar-refractivity contribution in [3.8, 4) is 0 Å². The van der Waals surface area contributed by atoms with Crippen LogP contribution in [0.4, 0.5) is 0 Å². The summed E-state index contributed by atoms with van der Waals surface area (Å²) in [5, 5.41) is 13.3. The van der Waals surface area contributed by atoms with Gasteiger partial charge in [0.15, 0.2) is 5.96 Å². The standard InChI is InChI=1S/C34H50N8O5/c1-5-37-32(46)29-13-9-17-42(29)33(47)26(12-8-16-38-34(35)36)40-30(44)27(18-21(2)3)41-31(45)28(39-22(4)43)20-23-14-15-24-10-6-7-11-25(24)19-23/h6-7,10-11,14-15,19,21,26-29H,5,8-9,12-13,16-18,20H2,1-4H3,(H,37,46)(H,39,43)(H,40,44)(H,41,45)(H4,35,36,38)/t26-,27-,28+,29-/m0/s1. The van der Waals surface area contributed by atoms with Gasteiger partial charge in [0.1, 0.15) is 24.2 Å². The molecule has 0 saturated carbocycles. The number of likely N-dealkylation sites (tertiary alicyclic amines) is 1. The topological polar surface area (TPSA) is 201 Å². The number of likely N-dealkylation sites (N-methyl/N-ethyl adjacent to an activating group) is 1. The van der Waals surface area contributed by atoms with Gasteiger partial charge in [0, 0.05) is 33.0 Å². The van der Waals surface area contributed by atoms with E-state index in [1.54, 1.807) is 0 Å². The van der Waals surface area contributed by atoms with Crippen molar-refractivity contribution in [1.82, 2.24) is 26.2 Å². The zero-order valence-corrected chi connectivity index (χ0v) is 27.9. The Balaban J connectivity index is 1.81. The summed E-state index contributed by atoms with van der Waals surface area (Å²) < 4.78 is 0. The second-order valence-electron chi connectivity index (χ2n) is 12.4. The smallest absolute Gasteiger partial charge is 0.245 e. The van der Waals surface area contributed by atoms with Crippen molar-refractivity contribution in [2.45, 2.75) is 90.4 Å². The van der Waals surface area contributed by atoms with Crippen LogP contribution in [0.5, 0.6) is 0 Å². The molecule has 1 saturated heterocycles. The van der Waals surface area contributed by atoms with Gasteiger partial charge < -0.3 is 37.6 Å². The summed E-state index contributed by atoms with van der Waals surface area (Å²) in [6.07, 6.45) is 2.31. The molecule has 0 spiro atoms. The summed E-state index contributed by atoms with van der Waals surface area (Å²) in [4.78, 5) is 71.7. The normalized spacial score (nSPS) is 16.2. The van der Waals surface area contributed by atoms with Gasteiger partial charge in [0.25, 0.3) is 0 Å². The molecule has 1 fully saturated rings. The van der Waals surface area contributed by atoms with E-state index >= 15 is 0 Å². The van der Waals surface area contributed by atoms with Gasteiger partial charge in [0.2, 0.25) is 29.5 Å². The Morgan fingerprint density at radius 2 is 1.62 bits per heavy atom. The van der Waals surface area contributed by atoms with Gasteiger partial charge in [-0.3, -0.25) is 29.0 Å². The lowest BCUT2D eigenvalue weighted by atomic mass is 9.99. The van der Waals surface area contributed by atoms with Crippen LogP contribution in [0.25, 0.3) is 10.8 Å². The van der Waals surface area contributed by atoms with E-state index in [0.29, 0.717) is 38.8 Å². The van der Waals surface area contributed by atoms with Crippen LogP contribution in [0.2, 0.25) is 0 Å². The molecule has 1 aliphatic heterocycles. The first kappa shape index (κ1) is 36.8.